The van der Waals surface area contributed by atoms with Crippen molar-refractivity contribution < 1.29 is 32.9 Å². The second-order valence-corrected chi connectivity index (χ2v) is 18.2. The topological polar surface area (TPSA) is 108 Å². The number of nitrogens with zero attached hydrogens (tertiary/aromatic N) is 1. The van der Waals surface area contributed by atoms with Gasteiger partial charge in [-0.25, -0.2) is 0 Å². The molecule has 320 valence electrons. The number of likely N-dealkylation sites (N-methyl/N-ethyl adjacent to an activating group) is 1. The summed E-state index contributed by atoms with van der Waals surface area (Å²) in [6, 6.07) is -0.887. The fourth-order valence-corrected chi connectivity index (χ4v) is 7.22. The Morgan fingerprint density at radius 2 is 1.02 bits per heavy atom. The fourth-order valence-electron chi connectivity index (χ4n) is 6.50. The third-order valence-corrected chi connectivity index (χ3v) is 11.1. The van der Waals surface area contributed by atoms with Crippen molar-refractivity contribution in [3.05, 3.63) is 24.3 Å². The molecule has 0 saturated carbocycles. The normalized spacial score (nSPS) is 14.6. The number of rotatable bonds is 41. The number of phosphoric acid groups is 1. The van der Waals surface area contributed by atoms with Gasteiger partial charge < -0.3 is 28.8 Å². The van der Waals surface area contributed by atoms with Crippen molar-refractivity contribution >= 4 is 13.7 Å². The van der Waals surface area contributed by atoms with Gasteiger partial charge in [0, 0.05) is 6.42 Å². The first kappa shape index (κ1) is 53.0. The number of aliphatic hydroxyl groups excluding tert-OH is 1. The van der Waals surface area contributed by atoms with E-state index in [0.717, 1.165) is 51.4 Å². The van der Waals surface area contributed by atoms with Crippen LogP contribution in [0.3, 0.4) is 0 Å². The van der Waals surface area contributed by atoms with E-state index >= 15 is 0 Å². The fraction of sp³-hybridized carbons (Fsp3) is 0.889. The summed E-state index contributed by atoms with van der Waals surface area (Å²) in [5.74, 6) is -0.206. The van der Waals surface area contributed by atoms with Gasteiger partial charge in [-0.1, -0.05) is 179 Å². The summed E-state index contributed by atoms with van der Waals surface area (Å²) in [5, 5.41) is 13.8. The largest absolute Gasteiger partial charge is 0.756 e. The maximum absolute atomic E-state index is 12.8. The van der Waals surface area contributed by atoms with E-state index in [1.807, 2.05) is 27.2 Å². The highest BCUT2D eigenvalue weighted by Crippen LogP contribution is 2.38. The van der Waals surface area contributed by atoms with Crippen LogP contribution in [0.25, 0.3) is 0 Å². The number of carbonyl (C=O) groups is 1. The standard InChI is InChI=1S/C45H89N2O6P/c1-6-8-10-12-14-16-18-20-22-23-25-26-28-30-32-34-36-38-44(48)43(42-53-54(50,51)52-41-40-47(3,4)5)46-45(49)39-37-35-33-31-29-27-24-21-19-17-15-13-11-9-7-2/h21,24,36,38,43-44,48H,6-20,22-23,25-35,37,39-42H2,1-5H3,(H-,46,49,50,51)/b24-21-,38-36+. The number of allylic oxidation sites excluding steroid dienone is 3. The lowest BCUT2D eigenvalue weighted by molar-refractivity contribution is -0.870. The highest BCUT2D eigenvalue weighted by molar-refractivity contribution is 7.45. The highest BCUT2D eigenvalue weighted by atomic mass is 31.2. The van der Waals surface area contributed by atoms with Crippen molar-refractivity contribution in [2.24, 2.45) is 0 Å². The molecule has 0 heterocycles. The van der Waals surface area contributed by atoms with Crippen molar-refractivity contribution in [1.82, 2.24) is 5.32 Å². The molecule has 0 bridgehead atoms. The van der Waals surface area contributed by atoms with Crippen molar-refractivity contribution in [3.8, 4) is 0 Å². The lowest BCUT2D eigenvalue weighted by atomic mass is 10.0. The number of hydrogen-bond acceptors (Lipinski definition) is 6. The lowest BCUT2D eigenvalue weighted by Gasteiger charge is -2.29. The van der Waals surface area contributed by atoms with Crippen LogP contribution in [0.1, 0.15) is 206 Å². The summed E-state index contributed by atoms with van der Waals surface area (Å²) in [4.78, 5) is 25.3. The molecule has 2 N–H and O–H groups in total. The Morgan fingerprint density at radius 3 is 1.44 bits per heavy atom. The molecule has 0 aromatic rings. The monoisotopic (exact) mass is 785 g/mol. The summed E-state index contributed by atoms with van der Waals surface area (Å²) in [5.41, 5.74) is 0. The van der Waals surface area contributed by atoms with Gasteiger partial charge in [0.15, 0.2) is 0 Å². The maximum atomic E-state index is 12.8. The summed E-state index contributed by atoms with van der Waals surface area (Å²) in [6.45, 7) is 4.64. The number of hydrogen-bond donors (Lipinski definition) is 2. The van der Waals surface area contributed by atoms with Gasteiger partial charge in [0.25, 0.3) is 7.82 Å². The molecule has 0 radical (unpaired) electrons. The summed E-state index contributed by atoms with van der Waals surface area (Å²) < 4.78 is 23.2. The zero-order valence-corrected chi connectivity index (χ0v) is 37.1. The quantitative estimate of drug-likeness (QED) is 0.0277. The average Bonchev–Trinajstić information content (AvgIpc) is 3.12. The van der Waals surface area contributed by atoms with E-state index in [4.69, 9.17) is 9.05 Å². The summed E-state index contributed by atoms with van der Waals surface area (Å²) in [7, 11) is 1.26. The van der Waals surface area contributed by atoms with Crippen molar-refractivity contribution in [2.45, 2.75) is 219 Å². The zero-order valence-electron chi connectivity index (χ0n) is 36.2. The Morgan fingerprint density at radius 1 is 0.630 bits per heavy atom. The zero-order chi connectivity index (χ0) is 40.0. The predicted octanol–water partition coefficient (Wildman–Crippen LogP) is 11.9. The van der Waals surface area contributed by atoms with E-state index in [2.05, 4.69) is 31.3 Å². The van der Waals surface area contributed by atoms with Gasteiger partial charge in [-0.3, -0.25) is 9.36 Å². The van der Waals surface area contributed by atoms with Crippen LogP contribution in [0.2, 0.25) is 0 Å². The first-order valence-corrected chi connectivity index (χ1v) is 24.2. The molecule has 0 aliphatic rings. The first-order chi connectivity index (χ1) is 26.0. The Balaban J connectivity index is 4.43. The molecule has 8 nitrogen and oxygen atoms in total. The number of nitrogens with one attached hydrogen (secondary N) is 1. The molecule has 0 aromatic heterocycles. The molecule has 0 spiro atoms. The molecule has 0 rings (SSSR count). The molecule has 54 heavy (non-hydrogen) atoms. The van der Waals surface area contributed by atoms with Crippen LogP contribution in [-0.2, 0) is 18.4 Å². The van der Waals surface area contributed by atoms with E-state index in [1.165, 1.54) is 135 Å². The Labute approximate surface area is 334 Å². The molecule has 9 heteroatoms. The van der Waals surface area contributed by atoms with Gasteiger partial charge in [0.1, 0.15) is 13.2 Å². The van der Waals surface area contributed by atoms with Crippen molar-refractivity contribution in [3.63, 3.8) is 0 Å². The Bertz CT molecular complexity index is 938. The van der Waals surface area contributed by atoms with E-state index in [-0.39, 0.29) is 19.1 Å². The third-order valence-electron chi connectivity index (χ3n) is 10.2. The molecule has 0 fully saturated rings. The molecule has 0 saturated heterocycles. The average molecular weight is 785 g/mol. The molecule has 1 amide bonds. The molecular formula is C45H89N2O6P. The van der Waals surface area contributed by atoms with Crippen LogP contribution >= 0.6 is 7.82 Å². The first-order valence-electron chi connectivity index (χ1n) is 22.7. The smallest absolute Gasteiger partial charge is 0.268 e. The van der Waals surface area contributed by atoms with E-state index in [0.29, 0.717) is 17.4 Å². The number of carbonyl (C=O) groups excluding carboxylic acids is 1. The summed E-state index contributed by atoms with van der Waals surface area (Å²) in [6.07, 6.45) is 43.6. The predicted molar refractivity (Wildman–Crippen MR) is 228 cm³/mol. The minimum atomic E-state index is -4.59. The van der Waals surface area contributed by atoms with E-state index < -0.39 is 20.0 Å². The SMILES string of the molecule is CCCCCCCC/C=C\CCCCCCCC(=O)NC(COP(=O)([O-])OCC[N+](C)(C)C)C(O)/C=C/CCCCCCCCCCCCCCCCC. The van der Waals surface area contributed by atoms with Crippen LogP contribution in [0.5, 0.6) is 0 Å². The minimum Gasteiger partial charge on any atom is -0.756 e. The molecule has 0 aromatic carbocycles. The highest BCUT2D eigenvalue weighted by Gasteiger charge is 2.23. The van der Waals surface area contributed by atoms with E-state index in [1.54, 1.807) is 6.08 Å². The van der Waals surface area contributed by atoms with Gasteiger partial charge in [-0.15, -0.1) is 0 Å². The number of phosphoric ester groups is 1. The second-order valence-electron chi connectivity index (χ2n) is 16.8. The molecule has 0 aliphatic carbocycles. The van der Waals surface area contributed by atoms with Gasteiger partial charge >= 0.3 is 0 Å². The van der Waals surface area contributed by atoms with Gasteiger partial charge in [-0.2, -0.15) is 0 Å². The lowest BCUT2D eigenvalue weighted by Crippen LogP contribution is -2.45. The van der Waals surface area contributed by atoms with Crippen LogP contribution in [0.15, 0.2) is 24.3 Å². The van der Waals surface area contributed by atoms with Crippen LogP contribution < -0.4 is 10.2 Å². The van der Waals surface area contributed by atoms with Crippen LogP contribution in [0.4, 0.5) is 0 Å². The van der Waals surface area contributed by atoms with Gasteiger partial charge in [0.2, 0.25) is 5.91 Å². The number of unbranched alkanes of at least 4 members (excludes halogenated alkanes) is 26. The van der Waals surface area contributed by atoms with Gasteiger partial charge in [-0.05, 0) is 44.9 Å². The maximum Gasteiger partial charge on any atom is 0.268 e. The van der Waals surface area contributed by atoms with Crippen molar-refractivity contribution in [1.29, 1.82) is 0 Å². The van der Waals surface area contributed by atoms with Crippen molar-refractivity contribution in [2.75, 3.05) is 40.9 Å². The molecule has 3 atom stereocenters. The molecule has 0 aliphatic heterocycles. The number of amides is 1. The van der Waals surface area contributed by atoms with Gasteiger partial charge in [0.05, 0.1) is 39.9 Å². The van der Waals surface area contributed by atoms with Crippen LogP contribution in [0, 0.1) is 0 Å². The summed E-state index contributed by atoms with van der Waals surface area (Å²) >= 11 is 0. The molecular weight excluding hydrogens is 695 g/mol. The number of aliphatic hydroxyl groups is 1. The number of quaternary nitrogens is 1. The van der Waals surface area contributed by atoms with E-state index in [9.17, 15) is 19.4 Å². The second kappa shape index (κ2) is 37.6. The Hall–Kier alpha value is -1.02. The molecule has 3 unspecified atom stereocenters. The Kier molecular flexibility index (Phi) is 36.8. The minimum absolute atomic E-state index is 0.00149. The third kappa shape index (κ3) is 39.2. The van der Waals surface area contributed by atoms with Crippen LogP contribution in [-0.4, -0.2) is 68.5 Å².